The number of unbranched alkanes of at least 4 members (excludes halogenated alkanes) is 5. The molecule has 5 heterocycles. The molecule has 0 aromatic rings. The van der Waals surface area contributed by atoms with Crippen LogP contribution in [0.5, 0.6) is 0 Å². The van der Waals surface area contributed by atoms with E-state index in [1.165, 1.54) is 0 Å². The summed E-state index contributed by atoms with van der Waals surface area (Å²) in [7, 11) is 0. The van der Waals surface area contributed by atoms with Crippen LogP contribution < -0.4 is 40.0 Å². The van der Waals surface area contributed by atoms with Gasteiger partial charge in [0.1, 0.15) is 116 Å². The molecule has 0 aromatic carbocycles. The smallest absolute Gasteiger partial charge is 0.862 e. The molecule has 0 unspecified atom stereocenters. The molecule has 79 heavy (non-hydrogen) atoms. The maximum atomic E-state index is 13.2. The van der Waals surface area contributed by atoms with Crippen LogP contribution in [-0.2, 0) is 61.8 Å². The van der Waals surface area contributed by atoms with Gasteiger partial charge in [-0.1, -0.05) is 39.0 Å². The number of amides is 1. The fourth-order valence-corrected chi connectivity index (χ4v) is 10.0. The van der Waals surface area contributed by atoms with Crippen molar-refractivity contribution in [3.8, 4) is 0 Å². The molecule has 32 heteroatoms. The molecule has 16 N–H and O–H groups in total. The number of rotatable bonds is 27. The molecule has 31 nitrogen and oxygen atoms in total. The van der Waals surface area contributed by atoms with Crippen molar-refractivity contribution in [1.82, 2.24) is 5.32 Å². The van der Waals surface area contributed by atoms with Crippen LogP contribution in [0.2, 0.25) is 0 Å². The summed E-state index contributed by atoms with van der Waals surface area (Å²) in [4.78, 5) is 42.9. The van der Waals surface area contributed by atoms with E-state index in [0.29, 0.717) is 12.8 Å². The monoisotopic (exact) mass is 1160 g/mol. The number of aliphatic hydroxyl groups is 14. The molecule has 5 fully saturated rings. The van der Waals surface area contributed by atoms with Gasteiger partial charge in [-0.05, 0) is 26.2 Å². The average molecular weight is 1160 g/mol. The number of aliphatic hydroxyl groups excluding tert-OH is 14. The van der Waals surface area contributed by atoms with E-state index in [1.807, 2.05) is 6.92 Å². The first kappa shape index (κ1) is 69.6. The fourth-order valence-electron chi connectivity index (χ4n) is 10.0. The van der Waals surface area contributed by atoms with Gasteiger partial charge in [0, 0.05) is 20.0 Å². The largest absolute Gasteiger partial charge is 1.00 e. The number of Topliss-reactive ketones (excluding diaryl/α,β-unsaturated/α-hetero) is 1. The van der Waals surface area contributed by atoms with Crippen molar-refractivity contribution in [2.45, 2.75) is 226 Å². The van der Waals surface area contributed by atoms with Crippen molar-refractivity contribution >= 4 is 23.6 Å². The maximum absolute atomic E-state index is 13.2. The minimum atomic E-state index is -3.18. The molecule has 0 radical (unpaired) electrons. The van der Waals surface area contributed by atoms with E-state index in [-0.39, 0.29) is 36.2 Å². The molecule has 0 aliphatic carbocycles. The summed E-state index contributed by atoms with van der Waals surface area (Å²) in [5, 5.41) is 176. The third-order valence-electron chi connectivity index (χ3n) is 14.3. The summed E-state index contributed by atoms with van der Waals surface area (Å²) in [6.07, 6.45) is -38.3. The number of aliphatic carboxylic acids is 1. The van der Waals surface area contributed by atoms with Gasteiger partial charge in [0.05, 0.1) is 51.2 Å². The molecule has 5 saturated heterocycles. The minimum Gasteiger partial charge on any atom is -0.862 e. The number of ketones is 1. The molecule has 452 valence electrons. The molecule has 0 saturated carbocycles. The van der Waals surface area contributed by atoms with Gasteiger partial charge in [-0.2, -0.15) is 0 Å². The molecule has 26 atom stereocenters. The Morgan fingerprint density at radius 1 is 0.671 bits per heavy atom. The first-order valence-electron chi connectivity index (χ1n) is 25.9. The molecule has 0 spiro atoms. The number of ether oxygens (including phenoxy) is 10. The normalized spacial score (nSPS) is 41.9. The molecule has 5 aliphatic heterocycles. The van der Waals surface area contributed by atoms with Gasteiger partial charge in [0.15, 0.2) is 25.2 Å². The van der Waals surface area contributed by atoms with E-state index >= 15 is 0 Å². The predicted octanol–water partition coefficient (Wildman–Crippen LogP) is -11.6. The van der Waals surface area contributed by atoms with Crippen LogP contribution in [0.25, 0.3) is 0 Å². The molecule has 0 bridgehead atoms. The Bertz CT molecular complexity index is 1910. The Kier molecular flexibility index (Phi) is 28.1. The maximum Gasteiger partial charge on any atom is 1.00 e. The van der Waals surface area contributed by atoms with Crippen LogP contribution in [0.1, 0.15) is 72.6 Å². The van der Waals surface area contributed by atoms with Crippen molar-refractivity contribution in [2.24, 2.45) is 10.9 Å². The zero-order valence-electron chi connectivity index (χ0n) is 44.5. The van der Waals surface area contributed by atoms with Crippen molar-refractivity contribution in [2.75, 3.05) is 39.6 Å². The number of nitrogens with one attached hydrogen (secondary N) is 1. The Morgan fingerprint density at radius 3 is 1.80 bits per heavy atom. The topological polar surface area (TPSA) is 494 Å². The minimum absolute atomic E-state index is 0. The number of hydrogen-bond donors (Lipinski definition) is 16. The molecule has 5 rings (SSSR count). The number of carboxylic acid groups (broad SMARTS) is 1. The Hall–Kier alpha value is -1.88. The summed E-state index contributed by atoms with van der Waals surface area (Å²) < 4.78 is 58.8. The van der Waals surface area contributed by atoms with Crippen LogP contribution in [-0.4, -0.2) is 293 Å². The second kappa shape index (κ2) is 31.9. The van der Waals surface area contributed by atoms with E-state index in [2.05, 4.69) is 10.3 Å². The van der Waals surface area contributed by atoms with Crippen LogP contribution >= 0.6 is 0 Å². The predicted molar refractivity (Wildman–Crippen MR) is 251 cm³/mol. The second-order valence-corrected chi connectivity index (χ2v) is 20.1. The Morgan fingerprint density at radius 2 is 1.23 bits per heavy atom. The summed E-state index contributed by atoms with van der Waals surface area (Å²) in [6.45, 7) is 0.393. The molecular weight excluding hydrogens is 1080 g/mol. The number of carboxylic acids is 1. The summed E-state index contributed by atoms with van der Waals surface area (Å²) in [5.41, 5.74) is 0. The van der Waals surface area contributed by atoms with Crippen molar-refractivity contribution in [3.63, 3.8) is 0 Å². The molecule has 5 aliphatic rings. The van der Waals surface area contributed by atoms with Crippen molar-refractivity contribution in [3.05, 3.63) is 0 Å². The Labute approximate surface area is 476 Å². The average Bonchev–Trinajstić information content (AvgIpc) is 3.52. The van der Waals surface area contributed by atoms with Gasteiger partial charge in [0.2, 0.25) is 5.91 Å². The number of carbonyl (C=O) groups is 3. The van der Waals surface area contributed by atoms with Gasteiger partial charge >= 0.3 is 35.5 Å². The summed E-state index contributed by atoms with van der Waals surface area (Å²) >= 11 is 0. The summed E-state index contributed by atoms with van der Waals surface area (Å²) in [5.74, 6) is -9.33. The number of aliphatic imine (C=N–C) groups is 1. The second-order valence-electron chi connectivity index (χ2n) is 20.1. The standard InChI is InChI=1S/C47H80N2O29.Na/c1-5-6-7-8-9-10-11-69-43-29(49-20(4)56)39(33(62)26(74-43)17-70-42-27(18(2)54)34(63)38(25(16-53)73-42)75-44-36(65)35(64)31(60)23(14-51)71-44)76-45-37(66)41(32(61)24(15-52)72-45)78-47(46(67)68)12-21(57)28(48-19(3)55)40(77-47)30(59)22(58)13-50;/h21-45,50-53,57-66H,5-17H2,1-4H3,(H,48,55)(H,49,56)(H,67,68);/q;+1/p-1/t21-,22+,23+,24+,25+,26+,27+,28+,29+,30+,31-,32-,33-,34+,35-,36+,37+,38+,39+,40+,41-,42+,43-,44-,45-,47-;/m0./s1. The Balaban J connectivity index is 0.0000134. The summed E-state index contributed by atoms with van der Waals surface area (Å²) in [6, 6.07) is -3.28. The van der Waals surface area contributed by atoms with Crippen molar-refractivity contribution < 1.29 is 173 Å². The van der Waals surface area contributed by atoms with Gasteiger partial charge in [-0.25, -0.2) is 4.79 Å². The zero-order valence-corrected chi connectivity index (χ0v) is 46.5. The van der Waals surface area contributed by atoms with Gasteiger partial charge in [-0.3, -0.25) is 14.6 Å². The zero-order chi connectivity index (χ0) is 57.9. The van der Waals surface area contributed by atoms with Gasteiger partial charge in [0.25, 0.3) is 5.79 Å². The van der Waals surface area contributed by atoms with Crippen LogP contribution in [0.15, 0.2) is 4.99 Å². The third-order valence-corrected chi connectivity index (χ3v) is 14.3. The number of carbonyl (C=O) groups excluding carboxylic acids is 2. The van der Waals surface area contributed by atoms with E-state index in [4.69, 9.17) is 47.4 Å². The SMILES string of the molecule is CCCCCCCCO[C@H]1O[C@H](CO[C@@H]2O[C@H](CO)[C@@H](O[C@@H]3O[C@H](CO)[C@H](O)[C@H](O)[C@H]3O)[C@H](O)[C@H]2C(C)=O)[C@H](O)[C@H](O[C@@H]2O[C@H](CO)[C@H](O)[C@H](O[C@]3(C(=O)O)C[C@H](O)[C@@H](N=C(C)[O-])[C@H]([C@H](O)[C@H](O)CO)O3)[C@H]2O)[C@H]1NC(C)=O.[Na+]. The molecular formula is C47H79N2NaO29. The van der Waals surface area contributed by atoms with Crippen LogP contribution in [0, 0.1) is 5.92 Å². The van der Waals surface area contributed by atoms with E-state index < -0.39 is 222 Å². The van der Waals surface area contributed by atoms with E-state index in [0.717, 1.165) is 46.5 Å². The van der Waals surface area contributed by atoms with Crippen LogP contribution in [0.4, 0.5) is 0 Å². The van der Waals surface area contributed by atoms with Crippen molar-refractivity contribution in [1.29, 1.82) is 0 Å². The van der Waals surface area contributed by atoms with Gasteiger partial charge < -0.3 is 134 Å². The number of nitrogens with zero attached hydrogens (tertiary/aromatic N) is 1. The van der Waals surface area contributed by atoms with Crippen LogP contribution in [0.3, 0.4) is 0 Å². The third kappa shape index (κ3) is 16.9. The molecule has 1 amide bonds. The molecule has 0 aromatic heterocycles. The van der Waals surface area contributed by atoms with E-state index in [1.54, 1.807) is 0 Å². The first-order valence-corrected chi connectivity index (χ1v) is 25.9. The van der Waals surface area contributed by atoms with Gasteiger partial charge in [-0.15, -0.1) is 0 Å². The first-order chi connectivity index (χ1) is 36.9. The fraction of sp³-hybridized carbons (Fsp3) is 0.915. The van der Waals surface area contributed by atoms with E-state index in [9.17, 15) is 96.1 Å². The quantitative estimate of drug-likeness (QED) is 0.0157. The number of hydrogen-bond acceptors (Lipinski definition) is 29.